The molecule has 0 aliphatic heterocycles. The van der Waals surface area contributed by atoms with Gasteiger partial charge in [-0.15, -0.1) is 0 Å². The number of hydrogen-bond acceptors (Lipinski definition) is 5. The van der Waals surface area contributed by atoms with Gasteiger partial charge in [0.15, 0.2) is 0 Å². The van der Waals surface area contributed by atoms with Gasteiger partial charge in [-0.2, -0.15) is 0 Å². The summed E-state index contributed by atoms with van der Waals surface area (Å²) in [5.41, 5.74) is 2.68. The monoisotopic (exact) mass is 435 g/mol. The summed E-state index contributed by atoms with van der Waals surface area (Å²) in [5.74, 6) is 1.29. The lowest BCUT2D eigenvalue weighted by molar-refractivity contribution is -0.130. The van der Waals surface area contributed by atoms with Crippen molar-refractivity contribution in [2.45, 2.75) is 32.2 Å². The SMILES string of the molecule is COc1ccc(C(CC(=O)N(C)CCCc2cc(-c3ccccc3)no2)NC(C)=O)cc1. The van der Waals surface area contributed by atoms with Gasteiger partial charge < -0.3 is 19.5 Å². The molecule has 0 fully saturated rings. The number of nitrogens with one attached hydrogen (secondary N) is 1. The largest absolute Gasteiger partial charge is 0.497 e. The zero-order chi connectivity index (χ0) is 22.9. The van der Waals surface area contributed by atoms with Crippen LogP contribution in [0.4, 0.5) is 0 Å². The first-order chi connectivity index (χ1) is 15.5. The maximum Gasteiger partial charge on any atom is 0.224 e. The summed E-state index contributed by atoms with van der Waals surface area (Å²) in [6.07, 6.45) is 1.62. The Bertz CT molecular complexity index is 1020. The van der Waals surface area contributed by atoms with E-state index in [1.54, 1.807) is 19.1 Å². The molecule has 1 unspecified atom stereocenters. The Morgan fingerprint density at radius 2 is 1.84 bits per heavy atom. The summed E-state index contributed by atoms with van der Waals surface area (Å²) in [5, 5.41) is 7.00. The number of aryl methyl sites for hydroxylation is 1. The van der Waals surface area contributed by atoms with Gasteiger partial charge in [-0.25, -0.2) is 0 Å². The topological polar surface area (TPSA) is 84.7 Å². The van der Waals surface area contributed by atoms with Crippen molar-refractivity contribution in [3.8, 4) is 17.0 Å². The van der Waals surface area contributed by atoms with Gasteiger partial charge in [0.05, 0.1) is 19.6 Å². The fourth-order valence-corrected chi connectivity index (χ4v) is 3.46. The zero-order valence-corrected chi connectivity index (χ0v) is 18.7. The predicted octanol–water partition coefficient (Wildman–Crippen LogP) is 4.01. The van der Waals surface area contributed by atoms with E-state index >= 15 is 0 Å². The number of aromatic nitrogens is 1. The number of rotatable bonds is 10. The minimum atomic E-state index is -0.393. The Kier molecular flexibility index (Phi) is 8.02. The minimum absolute atomic E-state index is 0.0397. The van der Waals surface area contributed by atoms with Crippen LogP contribution >= 0.6 is 0 Å². The number of benzene rings is 2. The van der Waals surface area contributed by atoms with E-state index in [1.807, 2.05) is 60.7 Å². The number of hydrogen-bond donors (Lipinski definition) is 1. The third-order valence-corrected chi connectivity index (χ3v) is 5.25. The molecule has 2 aromatic carbocycles. The highest BCUT2D eigenvalue weighted by Crippen LogP contribution is 2.22. The van der Waals surface area contributed by atoms with Gasteiger partial charge in [0.25, 0.3) is 0 Å². The minimum Gasteiger partial charge on any atom is -0.497 e. The van der Waals surface area contributed by atoms with Crippen LogP contribution in [0.2, 0.25) is 0 Å². The average Bonchev–Trinajstić information content (AvgIpc) is 3.28. The van der Waals surface area contributed by atoms with Crippen LogP contribution in [-0.2, 0) is 16.0 Å². The van der Waals surface area contributed by atoms with Gasteiger partial charge in [0.1, 0.15) is 17.2 Å². The van der Waals surface area contributed by atoms with Gasteiger partial charge in [-0.05, 0) is 24.1 Å². The summed E-state index contributed by atoms with van der Waals surface area (Å²) in [6, 6.07) is 18.8. The van der Waals surface area contributed by atoms with E-state index in [4.69, 9.17) is 9.26 Å². The molecule has 0 saturated carbocycles. The Labute approximate surface area is 188 Å². The fraction of sp³-hybridized carbons (Fsp3) is 0.320. The highest BCUT2D eigenvalue weighted by atomic mass is 16.5. The first kappa shape index (κ1) is 23.1. The zero-order valence-electron chi connectivity index (χ0n) is 18.7. The third-order valence-electron chi connectivity index (χ3n) is 5.25. The summed E-state index contributed by atoms with van der Waals surface area (Å²) >= 11 is 0. The lowest BCUT2D eigenvalue weighted by Crippen LogP contribution is -2.34. The van der Waals surface area contributed by atoms with Crippen molar-refractivity contribution >= 4 is 11.8 Å². The molecule has 0 bridgehead atoms. The Morgan fingerprint density at radius 1 is 1.12 bits per heavy atom. The molecule has 0 radical (unpaired) electrons. The molecule has 32 heavy (non-hydrogen) atoms. The van der Waals surface area contributed by atoms with Crippen LogP contribution in [-0.4, -0.2) is 42.6 Å². The van der Waals surface area contributed by atoms with Crippen molar-refractivity contribution < 1.29 is 18.8 Å². The molecule has 0 saturated heterocycles. The van der Waals surface area contributed by atoms with Gasteiger partial charge in [-0.3, -0.25) is 9.59 Å². The highest BCUT2D eigenvalue weighted by molar-refractivity contribution is 5.79. The summed E-state index contributed by atoms with van der Waals surface area (Å²) in [6.45, 7) is 2.03. The van der Waals surface area contributed by atoms with Crippen LogP contribution in [0.15, 0.2) is 65.2 Å². The van der Waals surface area contributed by atoms with E-state index in [1.165, 1.54) is 6.92 Å². The van der Waals surface area contributed by atoms with Crippen molar-refractivity contribution in [1.29, 1.82) is 0 Å². The Morgan fingerprint density at radius 3 is 2.50 bits per heavy atom. The van der Waals surface area contributed by atoms with E-state index in [0.717, 1.165) is 34.8 Å². The van der Waals surface area contributed by atoms with E-state index in [2.05, 4.69) is 10.5 Å². The Balaban J connectivity index is 1.52. The van der Waals surface area contributed by atoms with Gasteiger partial charge in [0, 0.05) is 38.6 Å². The van der Waals surface area contributed by atoms with Gasteiger partial charge in [-0.1, -0.05) is 47.6 Å². The van der Waals surface area contributed by atoms with Crippen molar-refractivity contribution in [3.63, 3.8) is 0 Å². The number of carbonyl (C=O) groups excluding carboxylic acids is 2. The molecule has 168 valence electrons. The van der Waals surface area contributed by atoms with Crippen LogP contribution in [0.25, 0.3) is 11.3 Å². The lowest BCUT2D eigenvalue weighted by Gasteiger charge is -2.22. The molecule has 1 N–H and O–H groups in total. The second-order valence-electron chi connectivity index (χ2n) is 7.69. The molecule has 1 aromatic heterocycles. The summed E-state index contributed by atoms with van der Waals surface area (Å²) < 4.78 is 10.6. The van der Waals surface area contributed by atoms with E-state index in [0.29, 0.717) is 13.0 Å². The van der Waals surface area contributed by atoms with Crippen molar-refractivity contribution in [1.82, 2.24) is 15.4 Å². The first-order valence-electron chi connectivity index (χ1n) is 10.6. The van der Waals surface area contributed by atoms with Crippen molar-refractivity contribution in [3.05, 3.63) is 72.0 Å². The number of carbonyl (C=O) groups is 2. The van der Waals surface area contributed by atoms with Crippen LogP contribution < -0.4 is 10.1 Å². The molecule has 1 atom stereocenters. The maximum absolute atomic E-state index is 12.8. The molecule has 2 amide bonds. The maximum atomic E-state index is 12.8. The number of nitrogens with zero attached hydrogens (tertiary/aromatic N) is 2. The van der Waals surface area contributed by atoms with Crippen LogP contribution in [0.1, 0.15) is 37.1 Å². The van der Waals surface area contributed by atoms with Gasteiger partial charge >= 0.3 is 0 Å². The molecule has 7 heteroatoms. The second-order valence-corrected chi connectivity index (χ2v) is 7.69. The quantitative estimate of drug-likeness (QED) is 0.520. The third kappa shape index (κ3) is 6.44. The molecule has 7 nitrogen and oxygen atoms in total. The molecule has 0 spiro atoms. The second kappa shape index (κ2) is 11.1. The molecule has 3 rings (SSSR count). The van der Waals surface area contributed by atoms with Crippen LogP contribution in [0, 0.1) is 0 Å². The molecule has 0 aliphatic rings. The van der Waals surface area contributed by atoms with Crippen molar-refractivity contribution in [2.24, 2.45) is 0 Å². The fourth-order valence-electron chi connectivity index (χ4n) is 3.46. The molecule has 1 heterocycles. The number of methoxy groups -OCH3 is 1. The Hall–Kier alpha value is -3.61. The van der Waals surface area contributed by atoms with E-state index in [-0.39, 0.29) is 18.2 Å². The summed E-state index contributed by atoms with van der Waals surface area (Å²) in [4.78, 5) is 26.1. The van der Waals surface area contributed by atoms with Crippen LogP contribution in [0.5, 0.6) is 5.75 Å². The van der Waals surface area contributed by atoms with E-state index in [9.17, 15) is 9.59 Å². The smallest absolute Gasteiger partial charge is 0.224 e. The normalized spacial score (nSPS) is 11.6. The molecular formula is C25H29N3O4. The molecule has 3 aromatic rings. The standard InChI is InChI=1S/C25H29N3O4/c1-18(29)26-23(20-11-13-21(31-3)14-12-20)17-25(30)28(2)15-7-10-22-16-24(27-32-22)19-8-5-4-6-9-19/h4-6,8-9,11-14,16,23H,7,10,15,17H2,1-3H3,(H,26,29). The molecular weight excluding hydrogens is 406 g/mol. The van der Waals surface area contributed by atoms with E-state index < -0.39 is 6.04 Å². The van der Waals surface area contributed by atoms with Crippen molar-refractivity contribution in [2.75, 3.05) is 20.7 Å². The number of ether oxygens (including phenoxy) is 1. The first-order valence-corrected chi connectivity index (χ1v) is 10.6. The lowest BCUT2D eigenvalue weighted by atomic mass is 10.0. The summed E-state index contributed by atoms with van der Waals surface area (Å²) in [7, 11) is 3.37. The number of amides is 2. The van der Waals surface area contributed by atoms with Gasteiger partial charge in [0.2, 0.25) is 11.8 Å². The predicted molar refractivity (Wildman–Crippen MR) is 122 cm³/mol. The average molecular weight is 436 g/mol. The highest BCUT2D eigenvalue weighted by Gasteiger charge is 2.20. The molecule has 0 aliphatic carbocycles. The van der Waals surface area contributed by atoms with Crippen LogP contribution in [0.3, 0.4) is 0 Å².